The van der Waals surface area contributed by atoms with E-state index in [1.54, 1.807) is 19.2 Å². The minimum absolute atomic E-state index is 0.0314. The molecule has 3 N–H and O–H groups in total. The van der Waals surface area contributed by atoms with E-state index in [9.17, 15) is 10.2 Å². The molecule has 20 heavy (non-hydrogen) atoms. The van der Waals surface area contributed by atoms with E-state index in [-0.39, 0.29) is 11.8 Å². The average molecular weight is 279 g/mol. The smallest absolute Gasteiger partial charge is 0.120 e. The van der Waals surface area contributed by atoms with Crippen LogP contribution in [0.3, 0.4) is 0 Å². The van der Waals surface area contributed by atoms with Gasteiger partial charge in [0.25, 0.3) is 0 Å². The third-order valence-corrected chi connectivity index (χ3v) is 4.22. The standard InChI is InChI=1S/C16H25NO3/c1-12(14-10-13(20-2)6-7-15(14)18)17-11-16(19)8-4-3-5-9-16/h6-7,10,12,17-19H,3-5,8-9,11H2,1-2H3. The highest BCUT2D eigenvalue weighted by Crippen LogP contribution is 2.31. The zero-order chi connectivity index (χ0) is 14.6. The predicted molar refractivity (Wildman–Crippen MR) is 79.1 cm³/mol. The lowest BCUT2D eigenvalue weighted by Gasteiger charge is -2.33. The molecule has 1 fully saturated rings. The Balaban J connectivity index is 1.99. The number of benzene rings is 1. The highest BCUT2D eigenvalue weighted by atomic mass is 16.5. The van der Waals surface area contributed by atoms with E-state index < -0.39 is 5.60 Å². The Morgan fingerprint density at radius 3 is 2.65 bits per heavy atom. The van der Waals surface area contributed by atoms with Crippen molar-refractivity contribution < 1.29 is 14.9 Å². The van der Waals surface area contributed by atoms with Gasteiger partial charge in [0, 0.05) is 18.2 Å². The van der Waals surface area contributed by atoms with Crippen LogP contribution < -0.4 is 10.1 Å². The molecule has 1 unspecified atom stereocenters. The minimum Gasteiger partial charge on any atom is -0.508 e. The van der Waals surface area contributed by atoms with Crippen LogP contribution in [-0.2, 0) is 0 Å². The van der Waals surface area contributed by atoms with Crippen molar-refractivity contribution in [3.05, 3.63) is 23.8 Å². The predicted octanol–water partition coefficient (Wildman–Crippen LogP) is 2.75. The lowest BCUT2D eigenvalue weighted by molar-refractivity contribution is 0.00294. The van der Waals surface area contributed by atoms with Gasteiger partial charge in [0.1, 0.15) is 11.5 Å². The second-order valence-corrected chi connectivity index (χ2v) is 5.81. The van der Waals surface area contributed by atoms with Gasteiger partial charge in [-0.25, -0.2) is 0 Å². The Morgan fingerprint density at radius 1 is 1.30 bits per heavy atom. The maximum Gasteiger partial charge on any atom is 0.120 e. The molecule has 2 rings (SSSR count). The number of methoxy groups -OCH3 is 1. The summed E-state index contributed by atoms with van der Waals surface area (Å²) in [5.41, 5.74) is 0.199. The van der Waals surface area contributed by atoms with Gasteiger partial charge in [0.05, 0.1) is 12.7 Å². The molecule has 1 aliphatic rings. The number of phenols is 1. The summed E-state index contributed by atoms with van der Waals surface area (Å²) >= 11 is 0. The summed E-state index contributed by atoms with van der Waals surface area (Å²) in [6, 6.07) is 5.18. The molecule has 0 aromatic heterocycles. The monoisotopic (exact) mass is 279 g/mol. The van der Waals surface area contributed by atoms with Crippen molar-refractivity contribution in [3.63, 3.8) is 0 Å². The van der Waals surface area contributed by atoms with Crippen LogP contribution in [-0.4, -0.2) is 29.5 Å². The van der Waals surface area contributed by atoms with Gasteiger partial charge in [-0.15, -0.1) is 0 Å². The summed E-state index contributed by atoms with van der Waals surface area (Å²) < 4.78 is 5.19. The highest BCUT2D eigenvalue weighted by molar-refractivity contribution is 5.41. The van der Waals surface area contributed by atoms with Gasteiger partial charge >= 0.3 is 0 Å². The molecule has 1 aromatic carbocycles. The van der Waals surface area contributed by atoms with Gasteiger partial charge in [-0.2, -0.15) is 0 Å². The summed E-state index contributed by atoms with van der Waals surface area (Å²) in [5, 5.41) is 23.8. The van der Waals surface area contributed by atoms with E-state index in [1.807, 2.05) is 13.0 Å². The molecule has 1 atom stereocenters. The Morgan fingerprint density at radius 2 is 2.00 bits per heavy atom. The third kappa shape index (κ3) is 3.64. The highest BCUT2D eigenvalue weighted by Gasteiger charge is 2.29. The number of rotatable bonds is 5. The van der Waals surface area contributed by atoms with Crippen molar-refractivity contribution in [2.75, 3.05) is 13.7 Å². The molecule has 0 aliphatic heterocycles. The number of ether oxygens (including phenoxy) is 1. The second kappa shape index (κ2) is 6.46. The molecule has 1 saturated carbocycles. The maximum atomic E-state index is 10.5. The first kappa shape index (κ1) is 15.1. The van der Waals surface area contributed by atoms with E-state index in [0.29, 0.717) is 6.54 Å². The SMILES string of the molecule is COc1ccc(O)c(C(C)NCC2(O)CCCCC2)c1. The number of hydrogen-bond donors (Lipinski definition) is 3. The van der Waals surface area contributed by atoms with Crippen molar-refractivity contribution in [1.82, 2.24) is 5.32 Å². The summed E-state index contributed by atoms with van der Waals surface area (Å²) in [6.07, 6.45) is 5.12. The van der Waals surface area contributed by atoms with E-state index >= 15 is 0 Å². The number of phenolic OH excluding ortho intramolecular Hbond substituents is 1. The first-order chi connectivity index (χ1) is 9.54. The van der Waals surface area contributed by atoms with Crippen LogP contribution >= 0.6 is 0 Å². The molecule has 4 nitrogen and oxygen atoms in total. The molecule has 0 spiro atoms. The van der Waals surface area contributed by atoms with Gasteiger partial charge in [0.15, 0.2) is 0 Å². The third-order valence-electron chi connectivity index (χ3n) is 4.22. The minimum atomic E-state index is -0.596. The van der Waals surface area contributed by atoms with Crippen LogP contribution in [0.15, 0.2) is 18.2 Å². The molecule has 0 bridgehead atoms. The summed E-state index contributed by atoms with van der Waals surface area (Å²) in [6.45, 7) is 2.55. The molecule has 0 saturated heterocycles. The maximum absolute atomic E-state index is 10.5. The summed E-state index contributed by atoms with van der Waals surface area (Å²) in [7, 11) is 1.61. The molecule has 0 radical (unpaired) electrons. The normalized spacial score (nSPS) is 19.6. The van der Waals surface area contributed by atoms with Gasteiger partial charge in [-0.1, -0.05) is 19.3 Å². The Bertz CT molecular complexity index is 441. The zero-order valence-corrected chi connectivity index (χ0v) is 12.4. The fraction of sp³-hybridized carbons (Fsp3) is 0.625. The number of aliphatic hydroxyl groups is 1. The molecule has 4 heteroatoms. The van der Waals surface area contributed by atoms with Crippen molar-refractivity contribution >= 4 is 0 Å². The van der Waals surface area contributed by atoms with Crippen LogP contribution in [0.5, 0.6) is 11.5 Å². The largest absolute Gasteiger partial charge is 0.508 e. The number of hydrogen-bond acceptors (Lipinski definition) is 4. The van der Waals surface area contributed by atoms with Crippen molar-refractivity contribution in [2.45, 2.75) is 50.7 Å². The van der Waals surface area contributed by atoms with E-state index in [2.05, 4.69) is 5.32 Å². The van der Waals surface area contributed by atoms with Crippen molar-refractivity contribution in [1.29, 1.82) is 0 Å². The van der Waals surface area contributed by atoms with Gasteiger partial charge in [-0.05, 0) is 38.0 Å². The molecule has 1 aliphatic carbocycles. The quantitative estimate of drug-likeness (QED) is 0.775. The Kier molecular flexibility index (Phi) is 4.89. The molecule has 0 amide bonds. The molecule has 1 aromatic rings. The summed E-state index contributed by atoms with van der Waals surface area (Å²) in [5.74, 6) is 0.976. The molecule has 112 valence electrons. The molecular weight excluding hydrogens is 254 g/mol. The van der Waals surface area contributed by atoms with E-state index in [0.717, 1.165) is 37.0 Å². The van der Waals surface area contributed by atoms with Crippen LogP contribution in [0.1, 0.15) is 50.6 Å². The van der Waals surface area contributed by atoms with Crippen LogP contribution in [0, 0.1) is 0 Å². The van der Waals surface area contributed by atoms with Crippen LogP contribution in [0.25, 0.3) is 0 Å². The Hall–Kier alpha value is -1.26. The van der Waals surface area contributed by atoms with Crippen molar-refractivity contribution in [3.8, 4) is 11.5 Å². The molecular formula is C16H25NO3. The second-order valence-electron chi connectivity index (χ2n) is 5.81. The zero-order valence-electron chi connectivity index (χ0n) is 12.4. The first-order valence-corrected chi connectivity index (χ1v) is 7.37. The number of nitrogens with one attached hydrogen (secondary N) is 1. The fourth-order valence-electron chi connectivity index (χ4n) is 2.85. The average Bonchev–Trinajstić information content (AvgIpc) is 2.46. The molecule has 0 heterocycles. The van der Waals surface area contributed by atoms with Gasteiger partial charge < -0.3 is 20.3 Å². The van der Waals surface area contributed by atoms with Crippen LogP contribution in [0.2, 0.25) is 0 Å². The van der Waals surface area contributed by atoms with E-state index in [4.69, 9.17) is 4.74 Å². The summed E-state index contributed by atoms with van der Waals surface area (Å²) in [4.78, 5) is 0. The Labute approximate surface area is 120 Å². The van der Waals surface area contributed by atoms with Crippen LogP contribution in [0.4, 0.5) is 0 Å². The lowest BCUT2D eigenvalue weighted by Crippen LogP contribution is -2.42. The van der Waals surface area contributed by atoms with Gasteiger partial charge in [-0.3, -0.25) is 0 Å². The number of aromatic hydroxyl groups is 1. The topological polar surface area (TPSA) is 61.7 Å². The van der Waals surface area contributed by atoms with E-state index in [1.165, 1.54) is 6.42 Å². The lowest BCUT2D eigenvalue weighted by atomic mass is 9.84. The van der Waals surface area contributed by atoms with Crippen molar-refractivity contribution in [2.24, 2.45) is 0 Å². The fourth-order valence-corrected chi connectivity index (χ4v) is 2.85. The first-order valence-electron chi connectivity index (χ1n) is 7.37. The van der Waals surface area contributed by atoms with Gasteiger partial charge in [0.2, 0.25) is 0 Å².